The zero-order valence-electron chi connectivity index (χ0n) is 10.8. The van der Waals surface area contributed by atoms with Crippen LogP contribution < -0.4 is 10.6 Å². The lowest BCUT2D eigenvalue weighted by molar-refractivity contribution is 0.0277. The van der Waals surface area contributed by atoms with Gasteiger partial charge in [0.2, 0.25) is 5.95 Å². The molecular weight excluding hydrogens is 259 g/mol. The molecule has 0 radical (unpaired) electrons. The van der Waals surface area contributed by atoms with E-state index in [0.717, 1.165) is 43.3 Å². The Balaban J connectivity index is 1.67. The van der Waals surface area contributed by atoms with Gasteiger partial charge in [-0.15, -0.1) is 0 Å². The van der Waals surface area contributed by atoms with Crippen molar-refractivity contribution in [3.8, 4) is 0 Å². The second-order valence-corrected chi connectivity index (χ2v) is 4.54. The molecule has 3 rings (SSSR count). The van der Waals surface area contributed by atoms with Gasteiger partial charge in [0.25, 0.3) is 0 Å². The smallest absolute Gasteiger partial charge is 0.227 e. The third-order valence-corrected chi connectivity index (χ3v) is 3.09. The fraction of sp³-hybridized carbons (Fsp3) is 0.286. The summed E-state index contributed by atoms with van der Waals surface area (Å²) in [4.78, 5) is 7.71. The summed E-state index contributed by atoms with van der Waals surface area (Å²) in [5, 5.41) is 6.31. The van der Waals surface area contributed by atoms with Crippen LogP contribution in [0.1, 0.15) is 11.7 Å². The Morgan fingerprint density at radius 3 is 2.60 bits per heavy atom. The van der Waals surface area contributed by atoms with Gasteiger partial charge >= 0.3 is 0 Å². The molecule has 5 nitrogen and oxygen atoms in total. The van der Waals surface area contributed by atoms with Crippen molar-refractivity contribution in [2.45, 2.75) is 6.10 Å². The van der Waals surface area contributed by atoms with Crippen molar-refractivity contribution in [3.05, 3.63) is 48.0 Å². The van der Waals surface area contributed by atoms with E-state index in [-0.39, 0.29) is 6.10 Å². The Morgan fingerprint density at radius 2 is 1.95 bits per heavy atom. The topological polar surface area (TPSA) is 59.1 Å². The van der Waals surface area contributed by atoms with Gasteiger partial charge in [0.15, 0.2) is 5.82 Å². The van der Waals surface area contributed by atoms with E-state index in [1.807, 2.05) is 24.3 Å². The summed E-state index contributed by atoms with van der Waals surface area (Å²) in [5.41, 5.74) is 1.98. The number of aromatic nitrogens is 2. The van der Waals surface area contributed by atoms with Crippen LogP contribution in [0.3, 0.4) is 0 Å². The summed E-state index contributed by atoms with van der Waals surface area (Å²) in [6, 6.07) is 7.87. The van der Waals surface area contributed by atoms with Gasteiger partial charge in [0.1, 0.15) is 0 Å². The Bertz CT molecular complexity index is 552. The van der Waals surface area contributed by atoms with E-state index in [4.69, 9.17) is 4.74 Å². The predicted octanol–water partition coefficient (Wildman–Crippen LogP) is 2.02. The fourth-order valence-corrected chi connectivity index (χ4v) is 2.07. The van der Waals surface area contributed by atoms with Crippen molar-refractivity contribution in [3.63, 3.8) is 0 Å². The normalized spacial score (nSPS) is 18.8. The number of nitrogens with zero attached hydrogens (tertiary/aromatic N) is 2. The number of rotatable bonds is 3. The monoisotopic (exact) mass is 274 g/mol. The molecule has 104 valence electrons. The van der Waals surface area contributed by atoms with Crippen LogP contribution in [-0.4, -0.2) is 29.7 Å². The molecule has 0 amide bonds. The lowest BCUT2D eigenvalue weighted by Gasteiger charge is -2.24. The van der Waals surface area contributed by atoms with Gasteiger partial charge in [-0.2, -0.15) is 0 Å². The van der Waals surface area contributed by atoms with Gasteiger partial charge in [-0.1, -0.05) is 12.1 Å². The maximum Gasteiger partial charge on any atom is 0.227 e. The molecule has 2 heterocycles. The summed E-state index contributed by atoms with van der Waals surface area (Å²) in [5.74, 6) is -0.0809. The zero-order valence-corrected chi connectivity index (χ0v) is 10.8. The first-order chi connectivity index (χ1) is 9.81. The highest BCUT2D eigenvalue weighted by atomic mass is 19.1. The fourth-order valence-electron chi connectivity index (χ4n) is 2.07. The first-order valence-electron chi connectivity index (χ1n) is 6.48. The van der Waals surface area contributed by atoms with E-state index >= 15 is 0 Å². The third-order valence-electron chi connectivity index (χ3n) is 3.09. The number of halogens is 1. The minimum atomic E-state index is -0.451. The van der Waals surface area contributed by atoms with Gasteiger partial charge in [-0.05, 0) is 17.7 Å². The first-order valence-corrected chi connectivity index (χ1v) is 6.48. The van der Waals surface area contributed by atoms with Crippen LogP contribution in [0.25, 0.3) is 0 Å². The number of anilines is 2. The van der Waals surface area contributed by atoms with Crippen LogP contribution in [0.5, 0.6) is 0 Å². The van der Waals surface area contributed by atoms with E-state index in [2.05, 4.69) is 20.6 Å². The Kier molecular flexibility index (Phi) is 3.85. The van der Waals surface area contributed by atoms with Crippen molar-refractivity contribution in [1.82, 2.24) is 15.3 Å². The van der Waals surface area contributed by atoms with Gasteiger partial charge in [0, 0.05) is 18.8 Å². The van der Waals surface area contributed by atoms with Crippen LogP contribution >= 0.6 is 0 Å². The number of benzene rings is 1. The van der Waals surface area contributed by atoms with Gasteiger partial charge in [-0.3, -0.25) is 0 Å². The quantitative estimate of drug-likeness (QED) is 0.896. The van der Waals surface area contributed by atoms with E-state index < -0.39 is 5.82 Å². The highest BCUT2D eigenvalue weighted by Crippen LogP contribution is 2.21. The molecule has 0 saturated carbocycles. The molecule has 1 aromatic carbocycles. The van der Waals surface area contributed by atoms with Crippen molar-refractivity contribution >= 4 is 11.6 Å². The van der Waals surface area contributed by atoms with Crippen molar-refractivity contribution in [1.29, 1.82) is 0 Å². The highest BCUT2D eigenvalue weighted by Gasteiger charge is 2.15. The molecule has 0 aliphatic carbocycles. The number of hydrogen-bond donors (Lipinski definition) is 2. The Morgan fingerprint density at radius 1 is 1.20 bits per heavy atom. The van der Waals surface area contributed by atoms with Gasteiger partial charge < -0.3 is 15.4 Å². The molecule has 20 heavy (non-hydrogen) atoms. The second-order valence-electron chi connectivity index (χ2n) is 4.54. The highest BCUT2D eigenvalue weighted by molar-refractivity contribution is 5.53. The molecule has 0 spiro atoms. The molecule has 1 unspecified atom stereocenters. The van der Waals surface area contributed by atoms with E-state index in [1.165, 1.54) is 0 Å². The molecular formula is C14H15FN4O. The largest absolute Gasteiger partial charge is 0.371 e. The lowest BCUT2D eigenvalue weighted by Crippen LogP contribution is -2.33. The standard InChI is InChI=1S/C14H15FN4O/c15-11-7-17-14(18-8-11)19-12-3-1-10(2-4-12)13-9-16-5-6-20-13/h1-4,7-8,13,16H,5-6,9H2,(H,17,18,19). The van der Waals surface area contributed by atoms with Gasteiger partial charge in [0.05, 0.1) is 25.1 Å². The number of hydrogen-bond acceptors (Lipinski definition) is 5. The molecule has 1 atom stereocenters. The molecule has 1 fully saturated rings. The average molecular weight is 274 g/mol. The lowest BCUT2D eigenvalue weighted by atomic mass is 10.1. The number of nitrogens with one attached hydrogen (secondary N) is 2. The SMILES string of the molecule is Fc1cnc(Nc2ccc(C3CNCCO3)cc2)nc1. The van der Waals surface area contributed by atoms with Crippen molar-refractivity contribution < 1.29 is 9.13 Å². The summed E-state index contributed by atoms with van der Waals surface area (Å²) >= 11 is 0. The number of morpholine rings is 1. The maximum atomic E-state index is 12.7. The van der Waals surface area contributed by atoms with Crippen molar-refractivity contribution in [2.75, 3.05) is 25.0 Å². The number of ether oxygens (including phenoxy) is 1. The average Bonchev–Trinajstić information content (AvgIpc) is 2.51. The summed E-state index contributed by atoms with van der Waals surface area (Å²) in [7, 11) is 0. The zero-order chi connectivity index (χ0) is 13.8. The minimum Gasteiger partial charge on any atom is -0.371 e. The maximum absolute atomic E-state index is 12.7. The molecule has 1 aliphatic rings. The second kappa shape index (κ2) is 5.94. The molecule has 1 aromatic heterocycles. The predicted molar refractivity (Wildman–Crippen MR) is 73.3 cm³/mol. The van der Waals surface area contributed by atoms with E-state index in [0.29, 0.717) is 5.95 Å². The molecule has 2 aromatic rings. The molecule has 1 saturated heterocycles. The molecule has 6 heteroatoms. The summed E-state index contributed by atoms with van der Waals surface area (Å²) < 4.78 is 18.4. The molecule has 0 bridgehead atoms. The van der Waals surface area contributed by atoms with E-state index in [9.17, 15) is 4.39 Å². The summed E-state index contributed by atoms with van der Waals surface area (Å²) in [6.07, 6.45) is 2.36. The van der Waals surface area contributed by atoms with Crippen LogP contribution in [0.15, 0.2) is 36.7 Å². The van der Waals surface area contributed by atoms with Crippen LogP contribution in [0.2, 0.25) is 0 Å². The Hall–Kier alpha value is -2.05. The summed E-state index contributed by atoms with van der Waals surface area (Å²) in [6.45, 7) is 2.46. The van der Waals surface area contributed by atoms with E-state index in [1.54, 1.807) is 0 Å². The minimum absolute atomic E-state index is 0.0971. The van der Waals surface area contributed by atoms with Crippen LogP contribution in [0, 0.1) is 5.82 Å². The van der Waals surface area contributed by atoms with Gasteiger partial charge in [-0.25, -0.2) is 14.4 Å². The van der Waals surface area contributed by atoms with Crippen LogP contribution in [0.4, 0.5) is 16.0 Å². The Labute approximate surface area is 116 Å². The third kappa shape index (κ3) is 3.09. The van der Waals surface area contributed by atoms with Crippen LogP contribution in [-0.2, 0) is 4.74 Å². The molecule has 2 N–H and O–H groups in total. The molecule has 1 aliphatic heterocycles. The first kappa shape index (κ1) is 13.0. The van der Waals surface area contributed by atoms with Crippen molar-refractivity contribution in [2.24, 2.45) is 0 Å².